The van der Waals surface area contributed by atoms with Gasteiger partial charge in [-0.2, -0.15) is 0 Å². The number of benzene rings is 1. The van der Waals surface area contributed by atoms with Crippen molar-refractivity contribution in [2.45, 2.75) is 51.7 Å². The maximum absolute atomic E-state index is 6.44. The minimum Gasteiger partial charge on any atom is -0.457 e. The summed E-state index contributed by atoms with van der Waals surface area (Å²) in [6, 6.07) is 6.07. The van der Waals surface area contributed by atoms with Crippen LogP contribution in [0.25, 0.3) is 22.1 Å². The summed E-state index contributed by atoms with van der Waals surface area (Å²) in [4.78, 5) is 0. The van der Waals surface area contributed by atoms with Crippen molar-refractivity contribution in [3.8, 4) is 0 Å². The van der Waals surface area contributed by atoms with Crippen molar-refractivity contribution in [2.75, 3.05) is 0 Å². The second-order valence-electron chi connectivity index (χ2n) is 7.30. The van der Waals surface area contributed by atoms with E-state index in [1.165, 1.54) is 0 Å². The van der Waals surface area contributed by atoms with E-state index in [4.69, 9.17) is 25.3 Å². The lowest BCUT2D eigenvalue weighted by atomic mass is 9.78. The maximum Gasteiger partial charge on any atom is 0.498 e. The van der Waals surface area contributed by atoms with E-state index in [2.05, 4.69) is 33.8 Å². The Balaban J connectivity index is 1.93. The van der Waals surface area contributed by atoms with Crippen LogP contribution in [0, 0.1) is 0 Å². The summed E-state index contributed by atoms with van der Waals surface area (Å²) >= 11 is 6.44. The van der Waals surface area contributed by atoms with E-state index in [1.54, 1.807) is 0 Å². The minimum absolute atomic E-state index is 0.373. The van der Waals surface area contributed by atoms with Crippen LogP contribution in [0.2, 0.25) is 0 Å². The largest absolute Gasteiger partial charge is 0.498 e. The summed E-state index contributed by atoms with van der Waals surface area (Å²) in [5.74, 6) is 0. The fourth-order valence-corrected chi connectivity index (χ4v) is 3.50. The second kappa shape index (κ2) is 4.89. The first-order valence-electron chi connectivity index (χ1n) is 8.06. The molecule has 2 aromatic rings. The Bertz CT molecular complexity index is 894. The molecule has 1 fully saturated rings. The molecule has 3 nitrogen and oxygen atoms in total. The van der Waals surface area contributed by atoms with Gasteiger partial charge in [-0.1, -0.05) is 29.8 Å². The van der Waals surface area contributed by atoms with Gasteiger partial charge in [-0.05, 0) is 46.6 Å². The van der Waals surface area contributed by atoms with Crippen molar-refractivity contribution in [1.29, 1.82) is 0 Å². The highest BCUT2D eigenvalue weighted by atomic mass is 35.5. The van der Waals surface area contributed by atoms with Gasteiger partial charge < -0.3 is 13.7 Å². The summed E-state index contributed by atoms with van der Waals surface area (Å²) in [6.07, 6.45) is 3.89. The van der Waals surface area contributed by atoms with Crippen molar-refractivity contribution in [3.05, 3.63) is 28.8 Å². The Kier molecular flexibility index (Phi) is 3.25. The van der Waals surface area contributed by atoms with Crippen molar-refractivity contribution in [3.63, 3.8) is 0 Å². The quantitative estimate of drug-likeness (QED) is 0.753. The molecule has 1 aliphatic carbocycles. The Hall–Kier alpha value is -1.23. The lowest BCUT2D eigenvalue weighted by Gasteiger charge is -2.32. The zero-order chi connectivity index (χ0) is 16.4. The van der Waals surface area contributed by atoms with Crippen LogP contribution >= 0.6 is 11.6 Å². The summed E-state index contributed by atoms with van der Waals surface area (Å²) in [6.45, 7) is 8.22. The summed E-state index contributed by atoms with van der Waals surface area (Å²) < 4.78 is 18.5. The van der Waals surface area contributed by atoms with Crippen molar-refractivity contribution in [1.82, 2.24) is 0 Å². The molecule has 23 heavy (non-hydrogen) atoms. The fourth-order valence-electron chi connectivity index (χ4n) is 3.19. The molecular weight excluding hydrogens is 310 g/mol. The molecular formula is C18H20BClO3. The van der Waals surface area contributed by atoms with Gasteiger partial charge in [0.1, 0.15) is 11.0 Å². The molecule has 1 aromatic heterocycles. The number of hydrogen-bond acceptors (Lipinski definition) is 3. The standard InChI is InChI=1S/C18H20BClO3/c1-17(2)18(3,4)23-19(22-17)12-8-5-7-11-15-13(20)9-6-10-14(15)21-16(11)12/h5,7-8,10H,6,9H2,1-4H3. The molecule has 1 saturated heterocycles. The van der Waals surface area contributed by atoms with Crippen LogP contribution in [0.1, 0.15) is 40.5 Å². The molecule has 0 atom stereocenters. The molecule has 0 radical (unpaired) electrons. The first-order chi connectivity index (χ1) is 10.8. The van der Waals surface area contributed by atoms with Crippen LogP contribution < -0.4 is 16.1 Å². The number of rotatable bonds is 1. The predicted octanol–water partition coefficient (Wildman–Crippen LogP) is 2.65. The van der Waals surface area contributed by atoms with Crippen LogP contribution in [-0.2, 0) is 9.31 Å². The third-order valence-corrected chi connectivity index (χ3v) is 5.62. The number of hydrogen-bond donors (Lipinski definition) is 0. The average Bonchev–Trinajstić information content (AvgIpc) is 2.94. The van der Waals surface area contributed by atoms with E-state index in [0.717, 1.165) is 44.9 Å². The molecule has 0 amide bonds. The summed E-state index contributed by atoms with van der Waals surface area (Å²) in [5.41, 5.74) is 1.85. The Morgan fingerprint density at radius 3 is 2.48 bits per heavy atom. The van der Waals surface area contributed by atoms with Crippen LogP contribution in [0.4, 0.5) is 0 Å². The van der Waals surface area contributed by atoms with Crippen LogP contribution in [0.3, 0.4) is 0 Å². The zero-order valence-electron chi connectivity index (χ0n) is 13.9. The fraction of sp³-hybridized carbons (Fsp3) is 0.444. The molecule has 2 aliphatic rings. The molecule has 2 heterocycles. The highest BCUT2D eigenvalue weighted by Crippen LogP contribution is 2.36. The third kappa shape index (κ3) is 2.19. The molecule has 0 bridgehead atoms. The smallest absolute Gasteiger partial charge is 0.457 e. The van der Waals surface area contributed by atoms with Gasteiger partial charge in [0.25, 0.3) is 0 Å². The van der Waals surface area contributed by atoms with E-state index >= 15 is 0 Å². The molecule has 5 heteroatoms. The van der Waals surface area contributed by atoms with Crippen LogP contribution in [0.5, 0.6) is 0 Å². The lowest BCUT2D eigenvalue weighted by Crippen LogP contribution is -2.41. The molecule has 0 unspecified atom stereocenters. The summed E-state index contributed by atoms with van der Waals surface area (Å²) in [7, 11) is -0.435. The molecule has 4 rings (SSSR count). The average molecular weight is 331 g/mol. The van der Waals surface area contributed by atoms with Crippen molar-refractivity contribution in [2.24, 2.45) is 0 Å². The van der Waals surface area contributed by atoms with Crippen LogP contribution in [0.15, 0.2) is 22.6 Å². The van der Waals surface area contributed by atoms with Gasteiger partial charge in [0.2, 0.25) is 0 Å². The number of halogens is 1. The number of furan rings is 1. The van der Waals surface area contributed by atoms with Gasteiger partial charge in [0, 0.05) is 21.1 Å². The molecule has 1 aromatic carbocycles. The second-order valence-corrected chi connectivity index (χ2v) is 7.76. The molecule has 0 saturated carbocycles. The van der Waals surface area contributed by atoms with E-state index in [1.807, 2.05) is 18.2 Å². The van der Waals surface area contributed by atoms with Gasteiger partial charge in [-0.15, -0.1) is 0 Å². The Morgan fingerprint density at radius 1 is 1.09 bits per heavy atom. The lowest BCUT2D eigenvalue weighted by molar-refractivity contribution is 0.00578. The highest BCUT2D eigenvalue weighted by molar-refractivity contribution is 6.64. The maximum atomic E-state index is 6.44. The Morgan fingerprint density at radius 2 is 1.78 bits per heavy atom. The normalized spacial score (nSPS) is 22.3. The van der Waals surface area contributed by atoms with E-state index in [0.29, 0.717) is 0 Å². The molecule has 1 aliphatic heterocycles. The van der Waals surface area contributed by atoms with E-state index in [-0.39, 0.29) is 11.2 Å². The van der Waals surface area contributed by atoms with Crippen LogP contribution in [-0.4, -0.2) is 18.3 Å². The van der Waals surface area contributed by atoms with Gasteiger partial charge in [0.15, 0.2) is 0 Å². The van der Waals surface area contributed by atoms with Gasteiger partial charge in [0.05, 0.1) is 11.2 Å². The van der Waals surface area contributed by atoms with Gasteiger partial charge in [-0.25, -0.2) is 0 Å². The highest BCUT2D eigenvalue weighted by Gasteiger charge is 2.52. The minimum atomic E-state index is -0.435. The zero-order valence-corrected chi connectivity index (χ0v) is 14.7. The number of para-hydroxylation sites is 1. The van der Waals surface area contributed by atoms with E-state index in [9.17, 15) is 0 Å². The third-order valence-electron chi connectivity index (χ3n) is 5.25. The van der Waals surface area contributed by atoms with Crippen molar-refractivity contribution < 1.29 is 13.7 Å². The Labute approximate surface area is 141 Å². The molecule has 0 N–H and O–H groups in total. The topological polar surface area (TPSA) is 31.6 Å². The first kappa shape index (κ1) is 15.3. The monoisotopic (exact) mass is 330 g/mol. The summed E-state index contributed by atoms with van der Waals surface area (Å²) in [5, 5.41) is 2.92. The van der Waals surface area contributed by atoms with Crippen molar-refractivity contribution >= 4 is 46.3 Å². The van der Waals surface area contributed by atoms with Gasteiger partial charge >= 0.3 is 7.12 Å². The first-order valence-corrected chi connectivity index (χ1v) is 8.44. The molecule has 120 valence electrons. The van der Waals surface area contributed by atoms with Gasteiger partial charge in [-0.3, -0.25) is 0 Å². The van der Waals surface area contributed by atoms with E-state index < -0.39 is 7.12 Å². The molecule has 0 spiro atoms. The number of fused-ring (bicyclic) bond motifs is 3. The predicted molar refractivity (Wildman–Crippen MR) is 94.1 cm³/mol. The SMILES string of the molecule is CC1(C)OB(c2cccc3c4c(oc23)=CCCC=4Cl)OC1(C)C.